The van der Waals surface area contributed by atoms with E-state index in [-0.39, 0.29) is 11.5 Å². The number of benzene rings is 2. The van der Waals surface area contributed by atoms with Crippen LogP contribution in [0.25, 0.3) is 0 Å². The van der Waals surface area contributed by atoms with Crippen LogP contribution < -0.4 is 10.2 Å². The molecule has 0 aliphatic rings. The molecule has 0 bridgehead atoms. The topological polar surface area (TPSA) is 44.7 Å². The number of aliphatic hydroxyl groups is 1. The fourth-order valence-electron chi connectivity index (χ4n) is 3.43. The van der Waals surface area contributed by atoms with Gasteiger partial charge in [0.05, 0.1) is 19.3 Å². The van der Waals surface area contributed by atoms with Gasteiger partial charge in [-0.15, -0.1) is 0 Å². The molecule has 1 unspecified atom stereocenters. The zero-order valence-corrected chi connectivity index (χ0v) is 21.3. The highest BCUT2D eigenvalue weighted by Gasteiger charge is 2.19. The van der Waals surface area contributed by atoms with Gasteiger partial charge >= 0.3 is 0 Å². The Morgan fingerprint density at radius 2 is 1.62 bits per heavy atom. The van der Waals surface area contributed by atoms with Gasteiger partial charge in [-0.2, -0.15) is 11.8 Å². The minimum atomic E-state index is -0.374. The van der Waals surface area contributed by atoms with Crippen molar-refractivity contribution in [3.05, 3.63) is 54.6 Å². The first-order valence-electron chi connectivity index (χ1n) is 11.9. The Balaban J connectivity index is 1.77. The second-order valence-corrected chi connectivity index (χ2v) is 10.2. The molecule has 0 spiro atoms. The van der Waals surface area contributed by atoms with Gasteiger partial charge in [0.2, 0.25) is 0 Å². The van der Waals surface area contributed by atoms with E-state index in [4.69, 9.17) is 4.74 Å². The number of aliphatic hydroxyl groups excluding tert-OH is 1. The highest BCUT2D eigenvalue weighted by Crippen LogP contribution is 2.26. The minimum Gasteiger partial charge on any atom is -0.390 e. The lowest BCUT2D eigenvalue weighted by Gasteiger charge is -2.31. The molecule has 5 heteroatoms. The zero-order chi connectivity index (χ0) is 23.4. The molecule has 0 radical (unpaired) electrons. The third-order valence-electron chi connectivity index (χ3n) is 6.13. The molecule has 4 nitrogen and oxygen atoms in total. The van der Waals surface area contributed by atoms with Gasteiger partial charge in [-0.05, 0) is 68.5 Å². The lowest BCUT2D eigenvalue weighted by Crippen LogP contribution is -2.38. The summed E-state index contributed by atoms with van der Waals surface area (Å²) in [5.41, 5.74) is 3.55. The summed E-state index contributed by atoms with van der Waals surface area (Å²) >= 11 is 1.77. The van der Waals surface area contributed by atoms with Crippen molar-refractivity contribution in [2.45, 2.75) is 59.6 Å². The van der Waals surface area contributed by atoms with Crippen molar-refractivity contribution in [3.8, 4) is 0 Å². The largest absolute Gasteiger partial charge is 0.390 e. The Bertz CT molecular complexity index is 748. The predicted octanol–water partition coefficient (Wildman–Crippen LogP) is 6.58. The lowest BCUT2D eigenvalue weighted by molar-refractivity contribution is 0.0575. The summed E-state index contributed by atoms with van der Waals surface area (Å²) in [5.74, 6) is 1.64. The van der Waals surface area contributed by atoms with Crippen molar-refractivity contribution in [1.82, 2.24) is 0 Å². The van der Waals surface area contributed by atoms with Crippen LogP contribution in [0.15, 0.2) is 54.6 Å². The molecule has 0 saturated heterocycles. The van der Waals surface area contributed by atoms with Crippen molar-refractivity contribution < 1.29 is 9.84 Å². The number of ether oxygens (including phenoxy) is 1. The Kier molecular flexibility index (Phi) is 11.4. The summed E-state index contributed by atoms with van der Waals surface area (Å²) in [6.45, 7) is 13.3. The standard InChI is InChI=1S/C27H42N2O2S/c1-6-27(5,7-2)21-31-17-18-32-20-26(30)19-29(22(3)4)25-15-13-24(14-16-25)28-23-11-9-8-10-12-23/h8-16,22,26,28,30H,6-7,17-21H2,1-5H3. The molecule has 178 valence electrons. The highest BCUT2D eigenvalue weighted by atomic mass is 32.2. The third kappa shape index (κ3) is 9.05. The van der Waals surface area contributed by atoms with Crippen molar-refractivity contribution in [2.75, 3.05) is 41.5 Å². The molecular weight excluding hydrogens is 416 g/mol. The van der Waals surface area contributed by atoms with Gasteiger partial charge in [0.1, 0.15) is 0 Å². The number of para-hydroxylation sites is 1. The normalized spacial score (nSPS) is 12.7. The molecular formula is C27H42N2O2S. The number of hydrogen-bond donors (Lipinski definition) is 2. The summed E-state index contributed by atoms with van der Waals surface area (Å²) < 4.78 is 5.89. The van der Waals surface area contributed by atoms with Crippen LogP contribution in [0.3, 0.4) is 0 Å². The van der Waals surface area contributed by atoms with Crippen molar-refractivity contribution >= 4 is 28.8 Å². The average molecular weight is 459 g/mol. The minimum absolute atomic E-state index is 0.286. The maximum absolute atomic E-state index is 10.6. The monoisotopic (exact) mass is 458 g/mol. The molecule has 0 amide bonds. The van der Waals surface area contributed by atoms with Gasteiger partial charge < -0.3 is 20.1 Å². The van der Waals surface area contributed by atoms with Crippen LogP contribution in [0, 0.1) is 5.41 Å². The summed E-state index contributed by atoms with van der Waals surface area (Å²) in [6.07, 6.45) is 1.91. The molecule has 0 aliphatic heterocycles. The Morgan fingerprint density at radius 3 is 2.22 bits per heavy atom. The van der Waals surface area contributed by atoms with Crippen LogP contribution in [0.4, 0.5) is 17.1 Å². The fraction of sp³-hybridized carbons (Fsp3) is 0.556. The quantitative estimate of drug-likeness (QED) is 0.295. The van der Waals surface area contributed by atoms with Crippen molar-refractivity contribution in [2.24, 2.45) is 5.41 Å². The van der Waals surface area contributed by atoms with E-state index in [1.165, 1.54) is 0 Å². The number of rotatable bonds is 15. The fourth-order valence-corrected chi connectivity index (χ4v) is 4.21. The van der Waals surface area contributed by atoms with Crippen molar-refractivity contribution in [3.63, 3.8) is 0 Å². The number of anilines is 3. The average Bonchev–Trinajstić information content (AvgIpc) is 2.80. The van der Waals surface area contributed by atoms with Crippen LogP contribution >= 0.6 is 11.8 Å². The molecule has 2 aromatic carbocycles. The first-order valence-corrected chi connectivity index (χ1v) is 13.0. The van der Waals surface area contributed by atoms with E-state index in [0.29, 0.717) is 12.6 Å². The SMILES string of the molecule is CCC(C)(CC)COCCSCC(O)CN(c1ccc(Nc2ccccc2)cc1)C(C)C. The number of thioether (sulfide) groups is 1. The summed E-state index contributed by atoms with van der Waals surface area (Å²) in [5, 5.41) is 14.0. The van der Waals surface area contributed by atoms with Gasteiger partial charge in [-0.25, -0.2) is 0 Å². The number of nitrogens with one attached hydrogen (secondary N) is 1. The van der Waals surface area contributed by atoms with E-state index in [1.807, 2.05) is 18.2 Å². The summed E-state index contributed by atoms with van der Waals surface area (Å²) in [6, 6.07) is 18.9. The first kappa shape index (κ1) is 26.6. The van der Waals surface area contributed by atoms with Gasteiger partial charge in [-0.1, -0.05) is 39.0 Å². The van der Waals surface area contributed by atoms with E-state index >= 15 is 0 Å². The Labute approximate surface area is 199 Å². The van der Waals surface area contributed by atoms with Crippen LogP contribution in [0.5, 0.6) is 0 Å². The Hall–Kier alpha value is -1.69. The lowest BCUT2D eigenvalue weighted by atomic mass is 9.86. The first-order chi connectivity index (χ1) is 15.4. The third-order valence-corrected chi connectivity index (χ3v) is 7.21. The predicted molar refractivity (Wildman–Crippen MR) is 141 cm³/mol. The molecule has 0 fully saturated rings. The molecule has 0 aliphatic carbocycles. The maximum Gasteiger partial charge on any atom is 0.0805 e. The van der Waals surface area contributed by atoms with Crippen molar-refractivity contribution in [1.29, 1.82) is 0 Å². The van der Waals surface area contributed by atoms with Gasteiger partial charge in [-0.3, -0.25) is 0 Å². The molecule has 1 atom stereocenters. The van der Waals surface area contributed by atoms with E-state index in [9.17, 15) is 5.11 Å². The van der Waals surface area contributed by atoms with Gasteiger partial charge in [0.25, 0.3) is 0 Å². The van der Waals surface area contributed by atoms with E-state index in [0.717, 1.165) is 54.6 Å². The van der Waals surface area contributed by atoms with Crippen LogP contribution in [0.1, 0.15) is 47.5 Å². The summed E-state index contributed by atoms with van der Waals surface area (Å²) in [4.78, 5) is 2.27. The number of nitrogens with zero attached hydrogens (tertiary/aromatic N) is 1. The van der Waals surface area contributed by atoms with Crippen LogP contribution in [-0.4, -0.2) is 48.5 Å². The molecule has 0 heterocycles. The van der Waals surface area contributed by atoms with Gasteiger partial charge in [0.15, 0.2) is 0 Å². The molecule has 2 rings (SSSR count). The van der Waals surface area contributed by atoms with E-state index < -0.39 is 0 Å². The second kappa shape index (κ2) is 13.8. The molecule has 2 aromatic rings. The summed E-state index contributed by atoms with van der Waals surface area (Å²) in [7, 11) is 0. The second-order valence-electron chi connectivity index (χ2n) is 9.08. The molecule has 32 heavy (non-hydrogen) atoms. The number of hydrogen-bond acceptors (Lipinski definition) is 5. The highest BCUT2D eigenvalue weighted by molar-refractivity contribution is 7.99. The van der Waals surface area contributed by atoms with Crippen LogP contribution in [0.2, 0.25) is 0 Å². The van der Waals surface area contributed by atoms with Gasteiger partial charge in [0, 0.05) is 41.2 Å². The molecule has 2 N–H and O–H groups in total. The van der Waals surface area contributed by atoms with E-state index in [2.05, 4.69) is 81.2 Å². The van der Waals surface area contributed by atoms with Crippen LogP contribution in [-0.2, 0) is 4.74 Å². The smallest absolute Gasteiger partial charge is 0.0805 e. The zero-order valence-electron chi connectivity index (χ0n) is 20.5. The Morgan fingerprint density at radius 1 is 1.00 bits per heavy atom. The molecule has 0 saturated carbocycles. The molecule has 0 aromatic heterocycles. The maximum atomic E-state index is 10.6. The van der Waals surface area contributed by atoms with E-state index in [1.54, 1.807) is 11.8 Å².